The zero-order valence-corrected chi connectivity index (χ0v) is 7.66. The van der Waals surface area contributed by atoms with E-state index in [4.69, 9.17) is 0 Å². The number of allylic oxidation sites excluding steroid dienone is 1. The van der Waals surface area contributed by atoms with Crippen LogP contribution < -0.4 is 0 Å². The van der Waals surface area contributed by atoms with E-state index >= 15 is 0 Å². The van der Waals surface area contributed by atoms with Crippen molar-refractivity contribution in [2.75, 3.05) is 7.11 Å². The maximum Gasteiger partial charge on any atom is 0.330 e. The molecule has 0 aliphatic rings. The van der Waals surface area contributed by atoms with Gasteiger partial charge in [0.05, 0.1) is 7.11 Å². The second kappa shape index (κ2) is 5.52. The first-order chi connectivity index (χ1) is 5.56. The molecule has 0 radical (unpaired) electrons. The molecule has 0 aliphatic carbocycles. The summed E-state index contributed by atoms with van der Waals surface area (Å²) in [5.41, 5.74) is 0. The average molecular weight is 170 g/mol. The molecule has 0 spiro atoms. The summed E-state index contributed by atoms with van der Waals surface area (Å²) in [5.74, 6) is -0.220. The van der Waals surface area contributed by atoms with Crippen molar-refractivity contribution in [1.82, 2.24) is 0 Å². The van der Waals surface area contributed by atoms with Gasteiger partial charge in [0.2, 0.25) is 0 Å². The number of hydrogen-bond acceptors (Lipinski definition) is 3. The Morgan fingerprint density at radius 2 is 1.92 bits per heavy atom. The van der Waals surface area contributed by atoms with Gasteiger partial charge in [-0.25, -0.2) is 4.79 Å². The number of rotatable bonds is 4. The minimum absolute atomic E-state index is 0.0459. The van der Waals surface area contributed by atoms with Gasteiger partial charge in [-0.2, -0.15) is 0 Å². The van der Waals surface area contributed by atoms with Crippen LogP contribution >= 0.6 is 0 Å². The smallest absolute Gasteiger partial charge is 0.330 e. The summed E-state index contributed by atoms with van der Waals surface area (Å²) in [6, 6.07) is 0. The first kappa shape index (κ1) is 10.9. The molecule has 0 fully saturated rings. The van der Waals surface area contributed by atoms with Crippen molar-refractivity contribution in [2.45, 2.75) is 20.3 Å². The van der Waals surface area contributed by atoms with Crippen LogP contribution in [0.15, 0.2) is 12.2 Å². The third kappa shape index (κ3) is 5.65. The molecule has 0 bridgehead atoms. The highest BCUT2D eigenvalue weighted by atomic mass is 16.5. The average Bonchev–Trinajstić information content (AvgIpc) is 1.99. The topological polar surface area (TPSA) is 43.4 Å². The van der Waals surface area contributed by atoms with E-state index in [2.05, 4.69) is 4.74 Å². The Kier molecular flexibility index (Phi) is 5.00. The van der Waals surface area contributed by atoms with Crippen molar-refractivity contribution in [3.8, 4) is 0 Å². The Labute approximate surface area is 72.4 Å². The van der Waals surface area contributed by atoms with Crippen LogP contribution in [0.5, 0.6) is 0 Å². The van der Waals surface area contributed by atoms with Crippen LogP contribution in [0.3, 0.4) is 0 Å². The van der Waals surface area contributed by atoms with Gasteiger partial charge in [-0.3, -0.25) is 4.79 Å². The third-order valence-electron chi connectivity index (χ3n) is 1.22. The van der Waals surface area contributed by atoms with Crippen molar-refractivity contribution in [2.24, 2.45) is 5.92 Å². The molecule has 0 heterocycles. The lowest BCUT2D eigenvalue weighted by atomic mass is 10.1. The maximum absolute atomic E-state index is 11.0. The molecule has 12 heavy (non-hydrogen) atoms. The van der Waals surface area contributed by atoms with E-state index in [0.29, 0.717) is 12.3 Å². The summed E-state index contributed by atoms with van der Waals surface area (Å²) in [6.45, 7) is 3.90. The van der Waals surface area contributed by atoms with E-state index in [1.54, 1.807) is 0 Å². The Balaban J connectivity index is 3.83. The van der Waals surface area contributed by atoms with Crippen LogP contribution in [0, 0.1) is 5.92 Å². The zero-order valence-electron chi connectivity index (χ0n) is 7.66. The number of hydrogen-bond donors (Lipinski definition) is 0. The minimum atomic E-state index is -0.493. The van der Waals surface area contributed by atoms with Crippen LogP contribution in [-0.4, -0.2) is 18.9 Å². The summed E-state index contributed by atoms with van der Waals surface area (Å²) in [4.78, 5) is 21.5. The molecule has 0 unspecified atom stereocenters. The summed E-state index contributed by atoms with van der Waals surface area (Å²) < 4.78 is 4.33. The lowest BCUT2D eigenvalue weighted by Gasteiger charge is -1.97. The Morgan fingerprint density at radius 1 is 1.33 bits per heavy atom. The van der Waals surface area contributed by atoms with E-state index in [0.717, 1.165) is 6.08 Å². The second-order valence-corrected chi connectivity index (χ2v) is 2.92. The third-order valence-corrected chi connectivity index (χ3v) is 1.22. The summed E-state index contributed by atoms with van der Waals surface area (Å²) in [5, 5.41) is 0. The zero-order chi connectivity index (χ0) is 9.56. The van der Waals surface area contributed by atoms with Gasteiger partial charge in [0.15, 0.2) is 5.78 Å². The van der Waals surface area contributed by atoms with Crippen molar-refractivity contribution in [3.05, 3.63) is 12.2 Å². The van der Waals surface area contributed by atoms with Gasteiger partial charge in [0, 0.05) is 12.5 Å². The fraction of sp³-hybridized carbons (Fsp3) is 0.556. The normalized spacial score (nSPS) is 10.7. The molecule has 0 aromatic rings. The number of esters is 1. The quantitative estimate of drug-likeness (QED) is 0.472. The van der Waals surface area contributed by atoms with Gasteiger partial charge in [0.25, 0.3) is 0 Å². The van der Waals surface area contributed by atoms with Gasteiger partial charge in [0.1, 0.15) is 0 Å². The highest BCUT2D eigenvalue weighted by Gasteiger charge is 2.01. The van der Waals surface area contributed by atoms with Crippen molar-refractivity contribution in [3.63, 3.8) is 0 Å². The number of carbonyl (C=O) groups is 2. The van der Waals surface area contributed by atoms with Crippen molar-refractivity contribution < 1.29 is 14.3 Å². The maximum atomic E-state index is 11.0. The molecule has 3 heteroatoms. The molecule has 0 N–H and O–H groups in total. The van der Waals surface area contributed by atoms with Gasteiger partial charge < -0.3 is 4.74 Å². The van der Waals surface area contributed by atoms with Crippen LogP contribution in [0.25, 0.3) is 0 Å². The fourth-order valence-corrected chi connectivity index (χ4v) is 0.699. The molecule has 3 nitrogen and oxygen atoms in total. The van der Waals surface area contributed by atoms with E-state index in [-0.39, 0.29) is 5.78 Å². The predicted octanol–water partition coefficient (Wildman–Crippen LogP) is 1.33. The Bertz CT molecular complexity index is 192. The lowest BCUT2D eigenvalue weighted by molar-refractivity contribution is -0.135. The molecule has 0 aromatic heterocycles. The Hall–Kier alpha value is -1.12. The molecule has 0 aliphatic heterocycles. The number of carbonyl (C=O) groups excluding carboxylic acids is 2. The molecule has 0 saturated carbocycles. The SMILES string of the molecule is COC(=O)C=CC(=O)CC(C)C. The first-order valence-corrected chi connectivity index (χ1v) is 3.85. The van der Waals surface area contributed by atoms with Gasteiger partial charge in [-0.05, 0) is 12.0 Å². The van der Waals surface area contributed by atoms with Gasteiger partial charge in [-0.1, -0.05) is 13.8 Å². The van der Waals surface area contributed by atoms with E-state index in [9.17, 15) is 9.59 Å². The van der Waals surface area contributed by atoms with Crippen LogP contribution in [-0.2, 0) is 14.3 Å². The standard InChI is InChI=1S/C9H14O3/c1-7(2)6-8(10)4-5-9(11)12-3/h4-5,7H,6H2,1-3H3. The van der Waals surface area contributed by atoms with Crippen LogP contribution in [0.2, 0.25) is 0 Å². The highest BCUT2D eigenvalue weighted by molar-refractivity contribution is 5.95. The molecule has 0 rings (SSSR count). The largest absolute Gasteiger partial charge is 0.466 e. The van der Waals surface area contributed by atoms with E-state index in [1.807, 2.05) is 13.8 Å². The van der Waals surface area contributed by atoms with Gasteiger partial charge in [-0.15, -0.1) is 0 Å². The highest BCUT2D eigenvalue weighted by Crippen LogP contribution is 2.00. The molecule has 0 atom stereocenters. The van der Waals surface area contributed by atoms with Crippen molar-refractivity contribution >= 4 is 11.8 Å². The second-order valence-electron chi connectivity index (χ2n) is 2.92. The van der Waals surface area contributed by atoms with Crippen LogP contribution in [0.1, 0.15) is 20.3 Å². The molecule has 0 amide bonds. The monoisotopic (exact) mass is 170 g/mol. The summed E-state index contributed by atoms with van der Waals surface area (Å²) in [7, 11) is 1.28. The molecular weight excluding hydrogens is 156 g/mol. The van der Waals surface area contributed by atoms with Crippen molar-refractivity contribution in [1.29, 1.82) is 0 Å². The fourth-order valence-electron chi connectivity index (χ4n) is 0.699. The molecule has 0 aromatic carbocycles. The molecular formula is C9H14O3. The first-order valence-electron chi connectivity index (χ1n) is 3.85. The summed E-state index contributed by atoms with van der Waals surface area (Å²) in [6.07, 6.45) is 2.87. The number of ketones is 1. The van der Waals surface area contributed by atoms with E-state index < -0.39 is 5.97 Å². The molecule has 0 saturated heterocycles. The lowest BCUT2D eigenvalue weighted by Crippen LogP contribution is -2.01. The minimum Gasteiger partial charge on any atom is -0.466 e. The number of methoxy groups -OCH3 is 1. The van der Waals surface area contributed by atoms with Gasteiger partial charge >= 0.3 is 5.97 Å². The van der Waals surface area contributed by atoms with E-state index in [1.165, 1.54) is 13.2 Å². The Morgan fingerprint density at radius 3 is 2.33 bits per heavy atom. The molecule has 68 valence electrons. The summed E-state index contributed by atoms with van der Waals surface area (Å²) >= 11 is 0. The predicted molar refractivity (Wildman–Crippen MR) is 45.6 cm³/mol. The number of ether oxygens (including phenoxy) is 1. The van der Waals surface area contributed by atoms with Crippen LogP contribution in [0.4, 0.5) is 0 Å².